The van der Waals surface area contributed by atoms with Crippen LogP contribution in [0.4, 0.5) is 5.69 Å². The van der Waals surface area contributed by atoms with E-state index in [-0.39, 0.29) is 12.3 Å². The number of carbonyl (C=O) groups excluding carboxylic acids is 1. The maximum Gasteiger partial charge on any atom is 0.228 e. The zero-order chi connectivity index (χ0) is 20.4. The number of hydrogen-bond acceptors (Lipinski definition) is 3. The number of carbonyl (C=O) groups is 1. The number of ether oxygens (including phenoxy) is 1. The molecule has 0 saturated carbocycles. The summed E-state index contributed by atoms with van der Waals surface area (Å²) in [5.74, 6) is -0.140. The Kier molecular flexibility index (Phi) is 9.79. The van der Waals surface area contributed by atoms with Crippen LogP contribution in [0.15, 0.2) is 59.1 Å². The number of hydrogen-bond donors (Lipinski definition) is 1. The minimum absolute atomic E-state index is 0.140. The summed E-state index contributed by atoms with van der Waals surface area (Å²) < 4.78 is 5.42. The molecule has 0 aromatic heterocycles. The van der Waals surface area contributed by atoms with E-state index in [0.717, 1.165) is 38.3 Å². The molecule has 1 amide bonds. The molecule has 1 fully saturated rings. The number of halogens is 2. The maximum atomic E-state index is 12.1. The molecule has 6 heteroatoms. The number of allylic oxidation sites excluding steroid dienone is 4. The van der Waals surface area contributed by atoms with E-state index in [2.05, 4.69) is 23.8 Å². The Bertz CT molecular complexity index is 708. The lowest BCUT2D eigenvalue weighted by molar-refractivity contribution is -0.115. The summed E-state index contributed by atoms with van der Waals surface area (Å²) in [6, 6.07) is 8.50. The molecule has 0 atom stereocenters. The van der Waals surface area contributed by atoms with Gasteiger partial charge < -0.3 is 10.1 Å². The third kappa shape index (κ3) is 7.80. The lowest BCUT2D eigenvalue weighted by Gasteiger charge is -2.31. The van der Waals surface area contributed by atoms with Gasteiger partial charge in [-0.25, -0.2) is 0 Å². The molecule has 1 aliphatic rings. The highest BCUT2D eigenvalue weighted by molar-refractivity contribution is 6.43. The van der Waals surface area contributed by atoms with E-state index in [4.69, 9.17) is 27.9 Å². The van der Waals surface area contributed by atoms with Gasteiger partial charge in [-0.1, -0.05) is 53.6 Å². The van der Waals surface area contributed by atoms with Crippen molar-refractivity contribution in [1.82, 2.24) is 4.90 Å². The van der Waals surface area contributed by atoms with E-state index >= 15 is 0 Å². The third-order valence-electron chi connectivity index (χ3n) is 4.64. The quantitative estimate of drug-likeness (QED) is 0.424. The summed E-state index contributed by atoms with van der Waals surface area (Å²) in [6.45, 7) is 6.18. The summed E-state index contributed by atoms with van der Waals surface area (Å²) in [4.78, 5) is 14.5. The fourth-order valence-corrected chi connectivity index (χ4v) is 3.33. The van der Waals surface area contributed by atoms with Crippen molar-refractivity contribution in [3.63, 3.8) is 0 Å². The van der Waals surface area contributed by atoms with Gasteiger partial charge in [-0.2, -0.15) is 0 Å². The van der Waals surface area contributed by atoms with Crippen molar-refractivity contribution in [1.29, 1.82) is 0 Å². The standard InChI is InChI=1S/C22H28Cl2N2O2/c1-3-4-5-20(23)21(24)10-11-22(27)25-18-8-6-17(7-9-18)16-26(2)19-12-14-28-15-13-19/h3,5-10,19H,1,4,11-16H2,2H3,(H,25,27)/b20-5+,21-10+. The van der Waals surface area contributed by atoms with E-state index in [1.807, 2.05) is 24.3 Å². The van der Waals surface area contributed by atoms with Crippen LogP contribution in [-0.2, 0) is 16.1 Å². The lowest BCUT2D eigenvalue weighted by atomic mass is 10.1. The van der Waals surface area contributed by atoms with Crippen LogP contribution in [0.5, 0.6) is 0 Å². The van der Waals surface area contributed by atoms with Crippen LogP contribution in [-0.4, -0.2) is 37.1 Å². The molecule has 0 bridgehead atoms. The number of nitrogens with zero attached hydrogens (tertiary/aromatic N) is 1. The molecule has 152 valence electrons. The molecule has 1 saturated heterocycles. The van der Waals surface area contributed by atoms with Crippen molar-refractivity contribution in [3.05, 3.63) is 64.7 Å². The average molecular weight is 423 g/mol. The number of nitrogens with one attached hydrogen (secondary N) is 1. The van der Waals surface area contributed by atoms with Gasteiger partial charge in [-0.05, 0) is 44.0 Å². The maximum absolute atomic E-state index is 12.1. The molecule has 1 aliphatic heterocycles. The highest BCUT2D eigenvalue weighted by Crippen LogP contribution is 2.21. The highest BCUT2D eigenvalue weighted by Gasteiger charge is 2.18. The Morgan fingerprint density at radius 2 is 1.86 bits per heavy atom. The van der Waals surface area contributed by atoms with Gasteiger partial charge in [0.2, 0.25) is 5.91 Å². The van der Waals surface area contributed by atoms with Crippen LogP contribution in [0, 0.1) is 0 Å². The smallest absolute Gasteiger partial charge is 0.228 e. The number of anilines is 1. The first-order valence-electron chi connectivity index (χ1n) is 9.49. The highest BCUT2D eigenvalue weighted by atomic mass is 35.5. The van der Waals surface area contributed by atoms with Crippen molar-refractivity contribution in [2.75, 3.05) is 25.6 Å². The molecule has 0 spiro atoms. The Balaban J connectivity index is 1.82. The SMILES string of the molecule is C=CC/C=C(Cl)\C(Cl)=C/CC(=O)Nc1ccc(CN(C)C2CCOCC2)cc1. The molecular weight excluding hydrogens is 395 g/mol. The number of benzene rings is 1. The van der Waals surface area contributed by atoms with Crippen molar-refractivity contribution in [2.45, 2.75) is 38.3 Å². The summed E-state index contributed by atoms with van der Waals surface area (Å²) in [7, 11) is 2.15. The summed E-state index contributed by atoms with van der Waals surface area (Å²) in [6.07, 6.45) is 8.03. The molecule has 28 heavy (non-hydrogen) atoms. The zero-order valence-corrected chi connectivity index (χ0v) is 17.8. The largest absolute Gasteiger partial charge is 0.381 e. The molecule has 0 aliphatic carbocycles. The molecule has 0 radical (unpaired) electrons. The monoisotopic (exact) mass is 422 g/mol. The molecule has 1 N–H and O–H groups in total. The van der Waals surface area contributed by atoms with Crippen LogP contribution < -0.4 is 5.32 Å². The number of amides is 1. The van der Waals surface area contributed by atoms with Gasteiger partial charge in [0, 0.05) is 37.9 Å². The van der Waals surface area contributed by atoms with Crippen LogP contribution in [0.3, 0.4) is 0 Å². The van der Waals surface area contributed by atoms with Crippen LogP contribution in [0.25, 0.3) is 0 Å². The average Bonchev–Trinajstić information content (AvgIpc) is 2.72. The molecule has 0 unspecified atom stereocenters. The minimum atomic E-state index is -0.140. The van der Waals surface area contributed by atoms with E-state index in [1.165, 1.54) is 5.56 Å². The topological polar surface area (TPSA) is 41.6 Å². The zero-order valence-electron chi connectivity index (χ0n) is 16.3. The summed E-state index contributed by atoms with van der Waals surface area (Å²) in [5.41, 5.74) is 1.98. The van der Waals surface area contributed by atoms with Gasteiger partial charge >= 0.3 is 0 Å². The minimum Gasteiger partial charge on any atom is -0.381 e. The Hall–Kier alpha value is -1.59. The van der Waals surface area contributed by atoms with Crippen molar-refractivity contribution < 1.29 is 9.53 Å². The second-order valence-electron chi connectivity index (χ2n) is 6.84. The van der Waals surface area contributed by atoms with Crippen molar-refractivity contribution in [3.8, 4) is 0 Å². The fraction of sp³-hybridized carbons (Fsp3) is 0.409. The Morgan fingerprint density at radius 1 is 1.21 bits per heavy atom. The van der Waals surface area contributed by atoms with Crippen molar-refractivity contribution >= 4 is 34.8 Å². The second kappa shape index (κ2) is 12.1. The first-order chi connectivity index (χ1) is 13.5. The molecule has 2 rings (SSSR count). The van der Waals surface area contributed by atoms with Gasteiger partial charge in [0.1, 0.15) is 0 Å². The molecule has 1 aromatic carbocycles. The summed E-state index contributed by atoms with van der Waals surface area (Å²) in [5, 5.41) is 3.66. The first kappa shape index (κ1) is 22.7. The predicted molar refractivity (Wildman–Crippen MR) is 118 cm³/mol. The lowest BCUT2D eigenvalue weighted by Crippen LogP contribution is -2.36. The normalized spacial score (nSPS) is 16.3. The van der Waals surface area contributed by atoms with Gasteiger partial charge in [-0.15, -0.1) is 6.58 Å². The number of rotatable bonds is 9. The molecule has 1 heterocycles. The van der Waals surface area contributed by atoms with Gasteiger partial charge in [0.25, 0.3) is 0 Å². The molecular formula is C22H28Cl2N2O2. The third-order valence-corrected chi connectivity index (χ3v) is 5.45. The van der Waals surface area contributed by atoms with Gasteiger partial charge in [0.05, 0.1) is 10.1 Å². The van der Waals surface area contributed by atoms with E-state index in [1.54, 1.807) is 18.2 Å². The van der Waals surface area contributed by atoms with E-state index < -0.39 is 0 Å². The van der Waals surface area contributed by atoms with Crippen LogP contribution in [0.1, 0.15) is 31.2 Å². The second-order valence-corrected chi connectivity index (χ2v) is 7.65. The molecule has 4 nitrogen and oxygen atoms in total. The van der Waals surface area contributed by atoms with Gasteiger partial charge in [0.15, 0.2) is 0 Å². The van der Waals surface area contributed by atoms with E-state index in [9.17, 15) is 4.79 Å². The summed E-state index contributed by atoms with van der Waals surface area (Å²) >= 11 is 12.1. The van der Waals surface area contributed by atoms with Crippen LogP contribution >= 0.6 is 23.2 Å². The van der Waals surface area contributed by atoms with Crippen molar-refractivity contribution in [2.24, 2.45) is 0 Å². The van der Waals surface area contributed by atoms with Gasteiger partial charge in [-0.3, -0.25) is 9.69 Å². The Labute approximate surface area is 177 Å². The van der Waals surface area contributed by atoms with E-state index in [0.29, 0.717) is 22.5 Å². The fourth-order valence-electron chi connectivity index (χ4n) is 3.01. The van der Waals surface area contributed by atoms with Crippen LogP contribution in [0.2, 0.25) is 0 Å². The Morgan fingerprint density at radius 3 is 2.50 bits per heavy atom. The first-order valence-corrected chi connectivity index (χ1v) is 10.2. The molecule has 1 aromatic rings. The predicted octanol–water partition coefficient (Wildman–Crippen LogP) is 5.45.